The third-order valence-corrected chi connectivity index (χ3v) is 4.57. The Bertz CT molecular complexity index is 793. The molecule has 1 amide bonds. The number of para-hydroxylation sites is 2. The van der Waals surface area contributed by atoms with Crippen LogP contribution in [0.5, 0.6) is 5.75 Å². The highest BCUT2D eigenvalue weighted by Gasteiger charge is 2.16. The number of carbonyl (C=O) groups is 1. The molecule has 0 bridgehead atoms. The molecule has 1 aliphatic heterocycles. The molecule has 1 saturated heterocycles. The summed E-state index contributed by atoms with van der Waals surface area (Å²) in [5.41, 5.74) is 0.0757. The molecule has 0 atom stereocenters. The topological polar surface area (TPSA) is 44.8 Å². The molecular weight excluding hydrogens is 352 g/mol. The van der Waals surface area contributed by atoms with E-state index in [0.717, 1.165) is 50.9 Å². The van der Waals surface area contributed by atoms with Gasteiger partial charge in [0.2, 0.25) is 0 Å². The van der Waals surface area contributed by atoms with E-state index in [-0.39, 0.29) is 5.56 Å². The van der Waals surface area contributed by atoms with E-state index in [9.17, 15) is 13.6 Å². The number of piperazine rings is 1. The summed E-state index contributed by atoms with van der Waals surface area (Å²) >= 11 is 0. The summed E-state index contributed by atoms with van der Waals surface area (Å²) < 4.78 is 32.9. The number of rotatable bonds is 6. The standard InChI is InChI=1S/C20H23F2N3O2/c1-24-8-10-25(11-9-24)12-13-27-19-5-3-2-4-18(19)23-20(26)16-14-15(21)6-7-17(16)22/h2-7,14H,8-13H2,1H3,(H,23,26). The number of ether oxygens (including phenoxy) is 1. The molecule has 1 N–H and O–H groups in total. The number of hydrogen-bond donors (Lipinski definition) is 1. The van der Waals surface area contributed by atoms with Gasteiger partial charge in [0.1, 0.15) is 24.0 Å². The number of nitrogens with one attached hydrogen (secondary N) is 1. The third kappa shape index (κ3) is 5.24. The van der Waals surface area contributed by atoms with Crippen molar-refractivity contribution in [2.45, 2.75) is 0 Å². The Balaban J connectivity index is 1.60. The minimum Gasteiger partial charge on any atom is -0.490 e. The van der Waals surface area contributed by atoms with Crippen LogP contribution in [0.2, 0.25) is 0 Å². The van der Waals surface area contributed by atoms with Gasteiger partial charge in [-0.25, -0.2) is 8.78 Å². The van der Waals surface area contributed by atoms with E-state index in [1.807, 2.05) is 0 Å². The molecule has 1 aliphatic rings. The van der Waals surface area contributed by atoms with Gasteiger partial charge < -0.3 is 15.0 Å². The van der Waals surface area contributed by atoms with Crippen LogP contribution in [0.15, 0.2) is 42.5 Å². The van der Waals surface area contributed by atoms with Gasteiger partial charge in [-0.2, -0.15) is 0 Å². The smallest absolute Gasteiger partial charge is 0.258 e. The minimum atomic E-state index is -0.776. The van der Waals surface area contributed by atoms with Gasteiger partial charge in [0, 0.05) is 32.7 Å². The number of anilines is 1. The summed E-state index contributed by atoms with van der Waals surface area (Å²) in [5.74, 6) is -1.67. The average Bonchev–Trinajstić information content (AvgIpc) is 2.66. The largest absolute Gasteiger partial charge is 0.490 e. The van der Waals surface area contributed by atoms with Crippen molar-refractivity contribution in [2.75, 3.05) is 51.7 Å². The number of halogens is 2. The summed E-state index contributed by atoms with van der Waals surface area (Å²) in [6.07, 6.45) is 0. The van der Waals surface area contributed by atoms with Crippen molar-refractivity contribution in [3.63, 3.8) is 0 Å². The first-order valence-corrected chi connectivity index (χ1v) is 8.92. The first-order valence-electron chi connectivity index (χ1n) is 8.92. The molecule has 1 heterocycles. The van der Waals surface area contributed by atoms with E-state index in [1.54, 1.807) is 24.3 Å². The zero-order chi connectivity index (χ0) is 19.2. The Kier molecular flexibility index (Phi) is 6.36. The van der Waals surface area contributed by atoms with E-state index < -0.39 is 17.5 Å². The Labute approximate surface area is 157 Å². The Morgan fingerprint density at radius 2 is 1.85 bits per heavy atom. The Morgan fingerprint density at radius 3 is 2.63 bits per heavy atom. The van der Waals surface area contributed by atoms with Gasteiger partial charge >= 0.3 is 0 Å². The highest BCUT2D eigenvalue weighted by molar-refractivity contribution is 6.05. The highest BCUT2D eigenvalue weighted by atomic mass is 19.1. The molecule has 3 rings (SSSR count). The van der Waals surface area contributed by atoms with E-state index in [4.69, 9.17) is 4.74 Å². The fraction of sp³-hybridized carbons (Fsp3) is 0.350. The average molecular weight is 375 g/mol. The number of benzene rings is 2. The fourth-order valence-corrected chi connectivity index (χ4v) is 2.91. The predicted molar refractivity (Wildman–Crippen MR) is 100 cm³/mol. The molecular formula is C20H23F2N3O2. The van der Waals surface area contributed by atoms with E-state index >= 15 is 0 Å². The number of carbonyl (C=O) groups excluding carboxylic acids is 1. The zero-order valence-corrected chi connectivity index (χ0v) is 15.3. The Hall–Kier alpha value is -2.51. The lowest BCUT2D eigenvalue weighted by Gasteiger charge is -2.32. The maximum absolute atomic E-state index is 13.8. The fourth-order valence-electron chi connectivity index (χ4n) is 2.91. The summed E-state index contributed by atoms with van der Waals surface area (Å²) in [4.78, 5) is 16.9. The van der Waals surface area contributed by atoms with Gasteiger partial charge in [-0.15, -0.1) is 0 Å². The van der Waals surface area contributed by atoms with Gasteiger partial charge in [-0.3, -0.25) is 9.69 Å². The van der Waals surface area contributed by atoms with E-state index in [0.29, 0.717) is 18.0 Å². The van der Waals surface area contributed by atoms with Crippen LogP contribution in [0.4, 0.5) is 14.5 Å². The molecule has 0 aromatic heterocycles. The van der Waals surface area contributed by atoms with Gasteiger partial charge in [-0.1, -0.05) is 12.1 Å². The van der Waals surface area contributed by atoms with Crippen molar-refractivity contribution in [3.8, 4) is 5.75 Å². The molecule has 0 aliphatic carbocycles. The highest BCUT2D eigenvalue weighted by Crippen LogP contribution is 2.25. The van der Waals surface area contributed by atoms with Crippen LogP contribution in [0.1, 0.15) is 10.4 Å². The molecule has 2 aromatic rings. The van der Waals surface area contributed by atoms with Crippen molar-refractivity contribution in [1.82, 2.24) is 9.80 Å². The lowest BCUT2D eigenvalue weighted by atomic mass is 10.2. The van der Waals surface area contributed by atoms with E-state index in [2.05, 4.69) is 22.2 Å². The van der Waals surface area contributed by atoms with Crippen LogP contribution in [0, 0.1) is 11.6 Å². The van der Waals surface area contributed by atoms with Crippen LogP contribution in [-0.2, 0) is 0 Å². The van der Waals surface area contributed by atoms with Crippen LogP contribution in [0.25, 0.3) is 0 Å². The quantitative estimate of drug-likeness (QED) is 0.843. The summed E-state index contributed by atoms with van der Waals surface area (Å²) in [5, 5.41) is 2.60. The van der Waals surface area contributed by atoms with Crippen LogP contribution < -0.4 is 10.1 Å². The van der Waals surface area contributed by atoms with Gasteiger partial charge in [0.25, 0.3) is 5.91 Å². The Morgan fingerprint density at radius 1 is 1.11 bits per heavy atom. The van der Waals surface area contributed by atoms with E-state index in [1.165, 1.54) is 0 Å². The zero-order valence-electron chi connectivity index (χ0n) is 15.3. The SMILES string of the molecule is CN1CCN(CCOc2ccccc2NC(=O)c2cc(F)ccc2F)CC1. The van der Waals surface area contributed by atoms with Gasteiger partial charge in [0.15, 0.2) is 0 Å². The third-order valence-electron chi connectivity index (χ3n) is 4.57. The maximum Gasteiger partial charge on any atom is 0.258 e. The molecule has 0 spiro atoms. The second-order valence-corrected chi connectivity index (χ2v) is 6.57. The maximum atomic E-state index is 13.8. The van der Waals surface area contributed by atoms with Crippen molar-refractivity contribution in [3.05, 3.63) is 59.7 Å². The predicted octanol–water partition coefficient (Wildman–Crippen LogP) is 2.84. The normalized spacial score (nSPS) is 15.5. The van der Waals surface area contributed by atoms with Crippen molar-refractivity contribution in [2.24, 2.45) is 0 Å². The van der Waals surface area contributed by atoms with Crippen molar-refractivity contribution < 1.29 is 18.3 Å². The lowest BCUT2D eigenvalue weighted by molar-refractivity contribution is 0.102. The van der Waals surface area contributed by atoms with Crippen molar-refractivity contribution >= 4 is 11.6 Å². The minimum absolute atomic E-state index is 0.345. The monoisotopic (exact) mass is 375 g/mol. The summed E-state index contributed by atoms with van der Waals surface area (Å²) in [7, 11) is 2.11. The molecule has 0 radical (unpaired) electrons. The molecule has 27 heavy (non-hydrogen) atoms. The van der Waals surface area contributed by atoms with Gasteiger partial charge in [0.05, 0.1) is 11.3 Å². The molecule has 0 saturated carbocycles. The second-order valence-electron chi connectivity index (χ2n) is 6.57. The second kappa shape index (κ2) is 8.92. The van der Waals surface area contributed by atoms with Crippen LogP contribution in [0.3, 0.4) is 0 Å². The lowest BCUT2D eigenvalue weighted by Crippen LogP contribution is -2.45. The molecule has 144 valence electrons. The molecule has 5 nitrogen and oxygen atoms in total. The molecule has 1 fully saturated rings. The summed E-state index contributed by atoms with van der Waals surface area (Å²) in [6, 6.07) is 9.72. The number of nitrogens with zero attached hydrogens (tertiary/aromatic N) is 2. The number of likely N-dealkylation sites (N-methyl/N-ethyl adjacent to an activating group) is 1. The summed E-state index contributed by atoms with van der Waals surface area (Å²) in [6.45, 7) is 5.32. The number of amides is 1. The molecule has 0 unspecified atom stereocenters. The van der Waals surface area contributed by atoms with Crippen molar-refractivity contribution in [1.29, 1.82) is 0 Å². The van der Waals surface area contributed by atoms with Crippen LogP contribution in [-0.4, -0.2) is 62.1 Å². The molecule has 2 aromatic carbocycles. The first kappa shape index (κ1) is 19.3. The number of hydrogen-bond acceptors (Lipinski definition) is 4. The molecule has 7 heteroatoms. The van der Waals surface area contributed by atoms with Gasteiger partial charge in [-0.05, 0) is 37.4 Å². The van der Waals surface area contributed by atoms with Crippen LogP contribution >= 0.6 is 0 Å². The first-order chi connectivity index (χ1) is 13.0.